The molecule has 0 bridgehead atoms. The van der Waals surface area contributed by atoms with Crippen molar-refractivity contribution in [2.24, 2.45) is 10.2 Å². The molecule has 0 radical (unpaired) electrons. The summed E-state index contributed by atoms with van der Waals surface area (Å²) in [5.41, 5.74) is 6.24. The van der Waals surface area contributed by atoms with E-state index in [-0.39, 0.29) is 0 Å². The van der Waals surface area contributed by atoms with E-state index in [1.54, 1.807) is 12.1 Å². The molecule has 1 N–H and O–H groups in total. The monoisotopic (exact) mass is 478 g/mol. The van der Waals surface area contributed by atoms with Gasteiger partial charge in [-0.1, -0.05) is 0 Å². The second kappa shape index (κ2) is 9.76. The zero-order valence-corrected chi connectivity index (χ0v) is 20.1. The number of benzene rings is 3. The Bertz CT molecular complexity index is 1440. The number of hydrogen-bond donors (Lipinski definition) is 1. The van der Waals surface area contributed by atoms with Gasteiger partial charge in [0.1, 0.15) is 5.82 Å². The molecule has 0 aliphatic carbocycles. The van der Waals surface area contributed by atoms with Crippen molar-refractivity contribution in [3.05, 3.63) is 72.3 Å². The highest BCUT2D eigenvalue weighted by Gasteiger charge is 2.15. The Labute approximate surface area is 209 Å². The van der Waals surface area contributed by atoms with Crippen molar-refractivity contribution in [1.29, 1.82) is 0 Å². The van der Waals surface area contributed by atoms with Gasteiger partial charge in [-0.05, 0) is 92.4 Å². The number of H-pyrrole nitrogens is 1. The van der Waals surface area contributed by atoms with E-state index < -0.39 is 5.91 Å². The number of amides is 1. The number of aromatic amines is 1. The van der Waals surface area contributed by atoms with Crippen LogP contribution in [-0.2, 0) is 0 Å². The van der Waals surface area contributed by atoms with Crippen LogP contribution < -0.4 is 14.7 Å². The molecule has 2 aliphatic rings. The lowest BCUT2D eigenvalue weighted by atomic mass is 10.2. The number of hydrogen-bond acceptors (Lipinski definition) is 5. The Balaban J connectivity index is 1.15. The summed E-state index contributed by atoms with van der Waals surface area (Å²) >= 11 is 0. The van der Waals surface area contributed by atoms with Gasteiger partial charge in [0.15, 0.2) is 10.8 Å². The first kappa shape index (κ1) is 22.2. The highest BCUT2D eigenvalue weighted by Crippen LogP contribution is 2.27. The maximum atomic E-state index is 12.4. The summed E-state index contributed by atoms with van der Waals surface area (Å²) < 4.78 is 0. The van der Waals surface area contributed by atoms with Crippen LogP contribution in [0.25, 0.3) is 22.4 Å². The Morgan fingerprint density at radius 2 is 1.42 bits per heavy atom. The van der Waals surface area contributed by atoms with Gasteiger partial charge in [0.2, 0.25) is 10.0 Å². The fourth-order valence-electron chi connectivity index (χ4n) is 4.96. The molecule has 36 heavy (non-hydrogen) atoms. The molecule has 3 heterocycles. The van der Waals surface area contributed by atoms with Crippen molar-refractivity contribution in [3.63, 3.8) is 0 Å². The van der Waals surface area contributed by atoms with Gasteiger partial charge in [-0.15, -0.1) is 0 Å². The highest BCUT2D eigenvalue weighted by molar-refractivity contribution is 5.94. The normalized spacial score (nSPS) is 15.3. The first-order valence-electron chi connectivity index (χ1n) is 12.6. The van der Waals surface area contributed by atoms with E-state index in [0.717, 1.165) is 54.3 Å². The van der Waals surface area contributed by atoms with Crippen LogP contribution in [0.1, 0.15) is 36.0 Å². The minimum Gasteiger partial charge on any atom is -0.372 e. The quantitative estimate of drug-likeness (QED) is 0.287. The van der Waals surface area contributed by atoms with Crippen molar-refractivity contribution in [3.8, 4) is 11.4 Å². The molecule has 1 aromatic heterocycles. The summed E-state index contributed by atoms with van der Waals surface area (Å²) in [6, 6.07) is 21.6. The molecule has 3 aromatic carbocycles. The van der Waals surface area contributed by atoms with Gasteiger partial charge in [-0.3, -0.25) is 4.79 Å². The SMILES string of the molecule is O=C(N=[N+]=Nc1ccc2nc(-c3ccc(N4CCCC4)cc3)[nH]c2c1)c1ccc(N2CCCC2)cc1. The van der Waals surface area contributed by atoms with Crippen LogP contribution in [0.4, 0.5) is 17.1 Å². The third-order valence-electron chi connectivity index (χ3n) is 6.96. The van der Waals surface area contributed by atoms with E-state index >= 15 is 0 Å². The second-order valence-corrected chi connectivity index (χ2v) is 9.36. The maximum absolute atomic E-state index is 12.4. The van der Waals surface area contributed by atoms with E-state index in [2.05, 4.69) is 54.2 Å². The lowest BCUT2D eigenvalue weighted by Gasteiger charge is -2.17. The third-order valence-corrected chi connectivity index (χ3v) is 6.96. The molecule has 4 aromatic rings. The first-order chi connectivity index (χ1) is 17.7. The predicted octanol–water partition coefficient (Wildman–Crippen LogP) is 5.87. The standard InChI is InChI=1S/C28H27N7O/c36-28(21-7-12-24(13-8-21)35-17-3-4-18-35)32-33-31-22-9-14-25-26(19-22)30-27(29-25)20-5-10-23(11-6-20)34-15-1-2-16-34/h5-14,19H,1-4,15-18H2/p+1. The Morgan fingerprint density at radius 1 is 0.806 bits per heavy atom. The molecule has 8 nitrogen and oxygen atoms in total. The van der Waals surface area contributed by atoms with Crippen molar-refractivity contribution in [2.45, 2.75) is 25.7 Å². The van der Waals surface area contributed by atoms with Gasteiger partial charge in [0, 0.05) is 48.7 Å². The van der Waals surface area contributed by atoms with E-state index in [9.17, 15) is 4.79 Å². The molecule has 0 atom stereocenters. The third kappa shape index (κ3) is 4.63. The van der Waals surface area contributed by atoms with Gasteiger partial charge >= 0.3 is 5.91 Å². The molecule has 2 aliphatic heterocycles. The van der Waals surface area contributed by atoms with E-state index in [4.69, 9.17) is 4.98 Å². The smallest absolute Gasteiger partial charge is 0.360 e. The number of carbonyl (C=O) groups is 1. The van der Waals surface area contributed by atoms with Gasteiger partial charge in [0.25, 0.3) is 0 Å². The van der Waals surface area contributed by atoms with Crippen LogP contribution in [0.15, 0.2) is 77.0 Å². The molecule has 180 valence electrons. The van der Waals surface area contributed by atoms with Crippen LogP contribution in [0, 0.1) is 0 Å². The molecule has 0 spiro atoms. The number of aromatic nitrogens is 2. The van der Waals surface area contributed by atoms with Crippen LogP contribution >= 0.6 is 0 Å². The summed E-state index contributed by atoms with van der Waals surface area (Å²) in [5, 5.41) is 7.88. The van der Waals surface area contributed by atoms with Crippen molar-refractivity contribution < 1.29 is 4.79 Å². The van der Waals surface area contributed by atoms with E-state index in [0.29, 0.717) is 11.3 Å². The fourth-order valence-corrected chi connectivity index (χ4v) is 4.96. The molecular formula is C28H28N7O+. The average molecular weight is 479 g/mol. The largest absolute Gasteiger partial charge is 0.372 e. The number of nitrogens with zero attached hydrogens (tertiary/aromatic N) is 6. The molecule has 0 saturated carbocycles. The highest BCUT2D eigenvalue weighted by atomic mass is 16.1. The predicted molar refractivity (Wildman–Crippen MR) is 142 cm³/mol. The van der Waals surface area contributed by atoms with Crippen LogP contribution in [0.3, 0.4) is 0 Å². The molecular weight excluding hydrogens is 450 g/mol. The van der Waals surface area contributed by atoms with Crippen LogP contribution in [0.5, 0.6) is 0 Å². The number of rotatable bonds is 5. The van der Waals surface area contributed by atoms with E-state index in [1.165, 1.54) is 31.4 Å². The fraction of sp³-hybridized carbons (Fsp3) is 0.286. The van der Waals surface area contributed by atoms with Gasteiger partial charge in [-0.2, -0.15) is 0 Å². The minimum absolute atomic E-state index is 0.408. The van der Waals surface area contributed by atoms with Crippen LogP contribution in [0.2, 0.25) is 0 Å². The zero-order valence-electron chi connectivity index (χ0n) is 20.1. The topological polar surface area (TPSA) is 91.0 Å². The summed E-state index contributed by atoms with van der Waals surface area (Å²) in [6.45, 7) is 4.40. The number of carbonyl (C=O) groups excluding carboxylic acids is 1. The Kier molecular flexibility index (Phi) is 6.01. The Morgan fingerprint density at radius 3 is 2.06 bits per heavy atom. The molecule has 1 amide bonds. The number of fused-ring (bicyclic) bond motifs is 1. The molecule has 6 rings (SSSR count). The van der Waals surface area contributed by atoms with Gasteiger partial charge < -0.3 is 14.8 Å². The summed E-state index contributed by atoms with van der Waals surface area (Å²) in [6.07, 6.45) is 4.96. The van der Waals surface area contributed by atoms with Crippen LogP contribution in [-0.4, -0.2) is 42.1 Å². The summed E-state index contributed by atoms with van der Waals surface area (Å²) in [5.74, 6) is 0.401. The van der Waals surface area contributed by atoms with E-state index in [1.807, 2.05) is 30.3 Å². The summed E-state index contributed by atoms with van der Waals surface area (Å²) in [4.78, 5) is 29.0. The number of anilines is 2. The van der Waals surface area contributed by atoms with Crippen molar-refractivity contribution >= 4 is 34.0 Å². The van der Waals surface area contributed by atoms with Gasteiger partial charge in [-0.25, -0.2) is 4.98 Å². The number of nitrogens with one attached hydrogen (secondary N) is 1. The molecule has 2 fully saturated rings. The summed E-state index contributed by atoms with van der Waals surface area (Å²) in [7, 11) is 0. The lowest BCUT2D eigenvalue weighted by molar-refractivity contribution is 0.0992. The minimum atomic E-state index is -0.408. The molecule has 8 heteroatoms. The van der Waals surface area contributed by atoms with Crippen molar-refractivity contribution in [2.75, 3.05) is 36.0 Å². The maximum Gasteiger partial charge on any atom is 0.360 e. The molecule has 0 unspecified atom stereocenters. The zero-order chi connectivity index (χ0) is 24.3. The number of imidazole rings is 1. The van der Waals surface area contributed by atoms with Gasteiger partial charge in [0.05, 0.1) is 11.0 Å². The first-order valence-corrected chi connectivity index (χ1v) is 12.6. The Hall–Kier alpha value is -4.29. The average Bonchev–Trinajstić information content (AvgIpc) is 3.71. The molecule has 2 saturated heterocycles. The second-order valence-electron chi connectivity index (χ2n) is 9.36. The lowest BCUT2D eigenvalue weighted by Crippen LogP contribution is -2.17. The van der Waals surface area contributed by atoms with Crippen molar-refractivity contribution in [1.82, 2.24) is 14.9 Å².